The number of benzene rings is 2. The molecule has 2 aromatic carbocycles. The van der Waals surface area contributed by atoms with E-state index in [4.69, 9.17) is 9.47 Å². The molecule has 2 rings (SSSR count). The normalized spacial score (nSPS) is 10.0. The molecule has 5 heteroatoms. The number of hydrogen-bond donors (Lipinski definition) is 0. The van der Waals surface area contributed by atoms with E-state index in [0.29, 0.717) is 18.0 Å². The average molecular weight is 289 g/mol. The van der Waals surface area contributed by atoms with Gasteiger partial charge in [0.25, 0.3) is 0 Å². The second kappa shape index (κ2) is 7.28. The van der Waals surface area contributed by atoms with Crippen molar-refractivity contribution in [2.75, 3.05) is 20.2 Å². The highest BCUT2D eigenvalue weighted by Gasteiger charge is 2.11. The molecule has 0 aliphatic carbocycles. The van der Waals surface area contributed by atoms with E-state index in [9.17, 15) is 9.18 Å². The van der Waals surface area contributed by atoms with E-state index >= 15 is 0 Å². The largest absolute Gasteiger partial charge is 0.492 e. The van der Waals surface area contributed by atoms with Gasteiger partial charge in [-0.2, -0.15) is 0 Å². The first-order valence-corrected chi connectivity index (χ1v) is 6.51. The maximum Gasteiger partial charge on any atom is 0.415 e. The second-order valence-electron chi connectivity index (χ2n) is 4.41. The first kappa shape index (κ1) is 14.8. The van der Waals surface area contributed by atoms with Crippen molar-refractivity contribution >= 4 is 6.09 Å². The zero-order chi connectivity index (χ0) is 15.1. The SMILES string of the molecule is CN(CCOc1cccc(F)c1)C(=O)Oc1ccccc1. The molecular weight excluding hydrogens is 273 g/mol. The standard InChI is InChI=1S/C16H16FNO3/c1-18(16(19)21-14-7-3-2-4-8-14)10-11-20-15-9-5-6-13(17)12-15/h2-9,12H,10-11H2,1H3. The van der Waals surface area contributed by atoms with Crippen molar-refractivity contribution in [2.45, 2.75) is 0 Å². The number of carbonyl (C=O) groups excluding carboxylic acids is 1. The Morgan fingerprint density at radius 1 is 1.10 bits per heavy atom. The molecule has 4 nitrogen and oxygen atoms in total. The fourth-order valence-electron chi connectivity index (χ4n) is 1.62. The van der Waals surface area contributed by atoms with Crippen LogP contribution in [0.2, 0.25) is 0 Å². The van der Waals surface area contributed by atoms with Crippen LogP contribution in [0.1, 0.15) is 0 Å². The Kier molecular flexibility index (Phi) is 5.15. The summed E-state index contributed by atoms with van der Waals surface area (Å²) in [4.78, 5) is 13.2. The Morgan fingerprint density at radius 3 is 2.52 bits per heavy atom. The van der Waals surface area contributed by atoms with Crippen LogP contribution in [-0.2, 0) is 0 Å². The lowest BCUT2D eigenvalue weighted by atomic mass is 10.3. The summed E-state index contributed by atoms with van der Waals surface area (Å²) in [6.07, 6.45) is -0.468. The summed E-state index contributed by atoms with van der Waals surface area (Å²) in [6, 6.07) is 14.7. The minimum atomic E-state index is -0.468. The molecule has 0 radical (unpaired) electrons. The van der Waals surface area contributed by atoms with Gasteiger partial charge in [-0.1, -0.05) is 24.3 Å². The number of amides is 1. The van der Waals surface area contributed by atoms with E-state index in [-0.39, 0.29) is 12.4 Å². The van der Waals surface area contributed by atoms with Crippen molar-refractivity contribution in [2.24, 2.45) is 0 Å². The van der Waals surface area contributed by atoms with E-state index in [1.807, 2.05) is 6.07 Å². The van der Waals surface area contributed by atoms with Crippen molar-refractivity contribution < 1.29 is 18.7 Å². The number of para-hydroxylation sites is 1. The van der Waals surface area contributed by atoms with E-state index < -0.39 is 6.09 Å². The number of likely N-dealkylation sites (N-methyl/N-ethyl adjacent to an activating group) is 1. The second-order valence-corrected chi connectivity index (χ2v) is 4.41. The summed E-state index contributed by atoms with van der Waals surface area (Å²) >= 11 is 0. The van der Waals surface area contributed by atoms with Crippen LogP contribution in [0.4, 0.5) is 9.18 Å². The predicted molar refractivity (Wildman–Crippen MR) is 77.0 cm³/mol. The van der Waals surface area contributed by atoms with Gasteiger partial charge >= 0.3 is 6.09 Å². The van der Waals surface area contributed by atoms with Crippen molar-refractivity contribution in [3.8, 4) is 11.5 Å². The molecule has 0 bridgehead atoms. The van der Waals surface area contributed by atoms with Crippen molar-refractivity contribution in [1.82, 2.24) is 4.90 Å². The summed E-state index contributed by atoms with van der Waals surface area (Å²) in [7, 11) is 1.61. The lowest BCUT2D eigenvalue weighted by molar-refractivity contribution is 0.153. The van der Waals surface area contributed by atoms with E-state index in [1.54, 1.807) is 43.4 Å². The van der Waals surface area contributed by atoms with Gasteiger partial charge in [0, 0.05) is 13.1 Å². The minimum absolute atomic E-state index is 0.254. The van der Waals surface area contributed by atoms with Crippen LogP contribution in [0.15, 0.2) is 54.6 Å². The topological polar surface area (TPSA) is 38.8 Å². The Labute approximate surface area is 122 Å². The highest BCUT2D eigenvalue weighted by atomic mass is 19.1. The molecule has 0 aromatic heterocycles. The molecule has 0 N–H and O–H groups in total. The monoisotopic (exact) mass is 289 g/mol. The van der Waals surface area contributed by atoms with Crippen molar-refractivity contribution in [3.63, 3.8) is 0 Å². The van der Waals surface area contributed by atoms with Crippen LogP contribution >= 0.6 is 0 Å². The lowest BCUT2D eigenvalue weighted by Crippen LogP contribution is -2.33. The van der Waals surface area contributed by atoms with Crippen LogP contribution in [0.25, 0.3) is 0 Å². The van der Waals surface area contributed by atoms with Crippen LogP contribution < -0.4 is 9.47 Å². The maximum atomic E-state index is 13.0. The third-order valence-electron chi connectivity index (χ3n) is 2.75. The lowest BCUT2D eigenvalue weighted by Gasteiger charge is -2.17. The Balaban J connectivity index is 1.76. The van der Waals surface area contributed by atoms with Gasteiger partial charge in [0.05, 0.1) is 6.54 Å². The molecular formula is C16H16FNO3. The first-order chi connectivity index (χ1) is 10.1. The fourth-order valence-corrected chi connectivity index (χ4v) is 1.62. The third kappa shape index (κ3) is 4.80. The van der Waals surface area contributed by atoms with E-state index in [2.05, 4.69) is 0 Å². The van der Waals surface area contributed by atoms with Crippen LogP contribution in [0, 0.1) is 5.82 Å². The predicted octanol–water partition coefficient (Wildman–Crippen LogP) is 3.34. The molecule has 0 heterocycles. The summed E-state index contributed by atoms with van der Waals surface area (Å²) in [5.74, 6) is 0.560. The summed E-state index contributed by atoms with van der Waals surface area (Å²) in [6.45, 7) is 0.589. The number of halogens is 1. The van der Waals surface area contributed by atoms with Crippen LogP contribution in [0.3, 0.4) is 0 Å². The molecule has 110 valence electrons. The van der Waals surface area contributed by atoms with Crippen molar-refractivity contribution in [3.05, 3.63) is 60.4 Å². The number of rotatable bonds is 5. The Morgan fingerprint density at radius 2 is 1.81 bits per heavy atom. The van der Waals surface area contributed by atoms with Gasteiger partial charge in [-0.25, -0.2) is 9.18 Å². The third-order valence-corrected chi connectivity index (χ3v) is 2.75. The van der Waals surface area contributed by atoms with Gasteiger partial charge in [-0.3, -0.25) is 0 Å². The molecule has 0 fully saturated rings. The fraction of sp³-hybridized carbons (Fsp3) is 0.188. The summed E-state index contributed by atoms with van der Waals surface area (Å²) in [5.41, 5.74) is 0. The van der Waals surface area contributed by atoms with Gasteiger partial charge in [0.15, 0.2) is 0 Å². The average Bonchev–Trinajstić information content (AvgIpc) is 2.48. The molecule has 0 unspecified atom stereocenters. The summed E-state index contributed by atoms with van der Waals surface area (Å²) in [5, 5.41) is 0. The molecule has 0 spiro atoms. The highest BCUT2D eigenvalue weighted by molar-refractivity contribution is 5.70. The van der Waals surface area contributed by atoms with Gasteiger partial charge in [0.1, 0.15) is 23.9 Å². The molecule has 0 saturated carbocycles. The number of nitrogens with zero attached hydrogens (tertiary/aromatic N) is 1. The van der Waals surface area contributed by atoms with Crippen LogP contribution in [0.5, 0.6) is 11.5 Å². The minimum Gasteiger partial charge on any atom is -0.492 e. The molecule has 2 aromatic rings. The Bertz CT molecular complexity index is 589. The molecule has 0 atom stereocenters. The number of carbonyl (C=O) groups is 1. The molecule has 0 aliphatic heterocycles. The zero-order valence-corrected chi connectivity index (χ0v) is 11.7. The van der Waals surface area contributed by atoms with Crippen LogP contribution in [-0.4, -0.2) is 31.2 Å². The van der Waals surface area contributed by atoms with Crippen molar-refractivity contribution in [1.29, 1.82) is 0 Å². The van der Waals surface area contributed by atoms with E-state index in [1.165, 1.54) is 17.0 Å². The summed E-state index contributed by atoms with van der Waals surface area (Å²) < 4.78 is 23.5. The molecule has 21 heavy (non-hydrogen) atoms. The highest BCUT2D eigenvalue weighted by Crippen LogP contribution is 2.12. The first-order valence-electron chi connectivity index (χ1n) is 6.51. The molecule has 1 amide bonds. The molecule has 0 saturated heterocycles. The quantitative estimate of drug-likeness (QED) is 0.847. The Hall–Kier alpha value is -2.56. The smallest absolute Gasteiger partial charge is 0.415 e. The maximum absolute atomic E-state index is 13.0. The van der Waals surface area contributed by atoms with Gasteiger partial charge in [-0.05, 0) is 24.3 Å². The molecule has 0 aliphatic rings. The van der Waals surface area contributed by atoms with Gasteiger partial charge < -0.3 is 14.4 Å². The van der Waals surface area contributed by atoms with Gasteiger partial charge in [-0.15, -0.1) is 0 Å². The van der Waals surface area contributed by atoms with Gasteiger partial charge in [0.2, 0.25) is 0 Å². The number of ether oxygens (including phenoxy) is 2. The number of hydrogen-bond acceptors (Lipinski definition) is 3. The van der Waals surface area contributed by atoms with E-state index in [0.717, 1.165) is 0 Å². The zero-order valence-electron chi connectivity index (χ0n) is 11.7.